The number of aliphatic hydroxyl groups excluding tert-OH is 11. The Balaban J connectivity index is 1.08. The van der Waals surface area contributed by atoms with E-state index < -0.39 is 139 Å². The van der Waals surface area contributed by atoms with Gasteiger partial charge in [0.15, 0.2) is 25.0 Å². The Morgan fingerprint density at radius 1 is 0.657 bits per heavy atom. The molecule has 19 nitrogen and oxygen atoms in total. The van der Waals surface area contributed by atoms with E-state index in [9.17, 15) is 66.1 Å². The van der Waals surface area contributed by atoms with Gasteiger partial charge in [-0.05, 0) is 97.7 Å². The van der Waals surface area contributed by atoms with Crippen LogP contribution in [0.1, 0.15) is 107 Å². The van der Waals surface area contributed by atoms with Crippen molar-refractivity contribution in [2.45, 2.75) is 217 Å². The maximum Gasteiger partial charge on any atom is 0.335 e. The highest BCUT2D eigenvalue weighted by Gasteiger charge is 2.70. The third-order valence-electron chi connectivity index (χ3n) is 19.7. The van der Waals surface area contributed by atoms with Crippen LogP contribution in [0.4, 0.5) is 0 Å². The van der Waals surface area contributed by atoms with E-state index in [1.165, 1.54) is 12.5 Å². The van der Waals surface area contributed by atoms with Gasteiger partial charge in [-0.2, -0.15) is 0 Å². The molecule has 0 spiro atoms. The van der Waals surface area contributed by atoms with Gasteiger partial charge in [0.2, 0.25) is 0 Å². The first kappa shape index (κ1) is 51.9. The molecule has 67 heavy (non-hydrogen) atoms. The first-order valence-corrected chi connectivity index (χ1v) is 24.4. The zero-order chi connectivity index (χ0) is 49.3. The van der Waals surface area contributed by atoms with Gasteiger partial charge in [0.05, 0.1) is 37.6 Å². The van der Waals surface area contributed by atoms with Crippen molar-refractivity contribution >= 4 is 5.97 Å². The monoisotopic (exact) mass is 959 g/mol. The minimum absolute atomic E-state index is 0.102. The summed E-state index contributed by atoms with van der Waals surface area (Å²) in [5.74, 6) is -1.44. The first-order chi connectivity index (χ1) is 31.2. The molecule has 4 saturated carbocycles. The van der Waals surface area contributed by atoms with Crippen LogP contribution in [-0.2, 0) is 33.2 Å². The highest BCUT2D eigenvalue weighted by molar-refractivity contribution is 5.73. The molecule has 384 valence electrons. The molecule has 0 aromatic heterocycles. The second-order valence-corrected chi connectivity index (χ2v) is 23.6. The van der Waals surface area contributed by atoms with Gasteiger partial charge in [0.25, 0.3) is 0 Å². The van der Waals surface area contributed by atoms with Gasteiger partial charge in [-0.15, -0.1) is 0 Å². The van der Waals surface area contributed by atoms with Crippen LogP contribution in [0.3, 0.4) is 0 Å². The zero-order valence-electron chi connectivity index (χ0n) is 40.0. The van der Waals surface area contributed by atoms with Crippen LogP contribution in [-0.4, -0.2) is 191 Å². The third-order valence-corrected chi connectivity index (χ3v) is 19.7. The summed E-state index contributed by atoms with van der Waals surface area (Å²) < 4.78 is 36.2. The highest BCUT2D eigenvalue weighted by atomic mass is 16.8. The van der Waals surface area contributed by atoms with Gasteiger partial charge in [-0.25, -0.2) is 4.79 Å². The van der Waals surface area contributed by atoms with Crippen LogP contribution in [0, 0.1) is 50.2 Å². The molecule has 0 aromatic rings. The molecule has 8 aliphatic rings. The molecule has 3 heterocycles. The number of carbonyl (C=O) groups is 1. The van der Waals surface area contributed by atoms with E-state index in [4.69, 9.17) is 28.4 Å². The molecular weight excluding hydrogens is 881 g/mol. The summed E-state index contributed by atoms with van der Waals surface area (Å²) in [5.41, 5.74) is -1.17. The summed E-state index contributed by atoms with van der Waals surface area (Å²) in [7, 11) is 0. The largest absolute Gasteiger partial charge is 0.479 e. The van der Waals surface area contributed by atoms with Crippen molar-refractivity contribution in [3.63, 3.8) is 0 Å². The standard InChI is InChI=1S/C48H78O19/c1-20-27(51)29(53)33(57)40(62-20)66-35-30(54)28(52)23(18-49)63-41(35)67-36-32(56)31(55)34(39(60)61)65-42(36)64-26-12-13-45(5)24(46(26,6)19-50)11-14-48(8)25(45)10-9-21-22-17-43(2,3)37(58)38(59)44(22,4)15-16-47(21,48)7/h9,20,22-38,40-42,49-59H,10-19H2,1-8H3,(H,60,61)/t20-,22-,23+,24+,25+,26-,27-,28-,29+,30-,31-,32-,33+,34-,35+,36+,37-,38+,40-,41-,42+,44+,45-,46+,47+,48+/m0/s1. The van der Waals surface area contributed by atoms with Crippen molar-refractivity contribution in [1.29, 1.82) is 0 Å². The molecule has 0 radical (unpaired) electrons. The molecule has 0 aromatic carbocycles. The molecular formula is C48H78O19. The number of hydrogen-bond donors (Lipinski definition) is 12. The third kappa shape index (κ3) is 7.83. The van der Waals surface area contributed by atoms with E-state index in [0.29, 0.717) is 12.8 Å². The fourth-order valence-corrected chi connectivity index (χ4v) is 15.1. The van der Waals surface area contributed by atoms with E-state index >= 15 is 0 Å². The van der Waals surface area contributed by atoms with Gasteiger partial charge in [-0.3, -0.25) is 0 Å². The van der Waals surface area contributed by atoms with Gasteiger partial charge >= 0.3 is 5.97 Å². The normalized spacial score (nSPS) is 56.4. The van der Waals surface area contributed by atoms with Gasteiger partial charge < -0.3 is 89.7 Å². The molecule has 0 unspecified atom stereocenters. The lowest BCUT2D eigenvalue weighted by Crippen LogP contribution is -2.68. The average Bonchev–Trinajstić information content (AvgIpc) is 3.27. The SMILES string of the molecule is C[C@@H]1O[C@@H](O[C@H]2[C@H](O[C@H]3[C@H](O[C@H]4CC[C@@]5(C)[C@@H](CC[C@]6(C)[C@@H]5CC=C5[C@@H]7CC(C)(C)[C@@H](O)[C@@H](O)[C@]7(C)CC[C@]56C)[C@@]4(C)CO)O[C@H](C(=O)O)[C@@H](O)[C@@H]3O)O[C@H](CO)[C@H](O)[C@@H]2O)[C@H](O)[C@H](O)[C@H]1O. The van der Waals surface area contributed by atoms with E-state index in [1.54, 1.807) is 0 Å². The number of fused-ring (bicyclic) bond motifs is 7. The Morgan fingerprint density at radius 3 is 1.91 bits per heavy atom. The Morgan fingerprint density at radius 2 is 1.28 bits per heavy atom. The molecule has 8 rings (SSSR count). The van der Waals surface area contributed by atoms with E-state index in [-0.39, 0.29) is 40.6 Å². The van der Waals surface area contributed by atoms with Crippen molar-refractivity contribution < 1.29 is 94.5 Å². The van der Waals surface area contributed by atoms with Crippen LogP contribution in [0.2, 0.25) is 0 Å². The molecule has 3 saturated heterocycles. The first-order valence-electron chi connectivity index (χ1n) is 24.4. The summed E-state index contributed by atoms with van der Waals surface area (Å²) in [6.45, 7) is 15.5. The Hall–Kier alpha value is -1.47. The van der Waals surface area contributed by atoms with Crippen molar-refractivity contribution in [3.8, 4) is 0 Å². The van der Waals surface area contributed by atoms with Gasteiger partial charge in [0, 0.05) is 10.8 Å². The smallest absolute Gasteiger partial charge is 0.335 e. The predicted octanol–water partition coefficient (Wildman–Crippen LogP) is -0.325. The second-order valence-electron chi connectivity index (χ2n) is 23.6. The average molecular weight is 959 g/mol. The second kappa shape index (κ2) is 17.9. The number of aliphatic hydroxyl groups is 11. The molecule has 12 N–H and O–H groups in total. The van der Waals surface area contributed by atoms with E-state index in [0.717, 1.165) is 38.5 Å². The van der Waals surface area contributed by atoms with Crippen molar-refractivity contribution in [2.24, 2.45) is 50.2 Å². The Kier molecular flexibility index (Phi) is 13.9. The lowest BCUT2D eigenvalue weighted by atomic mass is 9.33. The number of carboxylic acids is 1. The minimum Gasteiger partial charge on any atom is -0.479 e. The van der Waals surface area contributed by atoms with Crippen molar-refractivity contribution in [3.05, 3.63) is 11.6 Å². The summed E-state index contributed by atoms with van der Waals surface area (Å²) in [6.07, 6.45) is -20.7. The summed E-state index contributed by atoms with van der Waals surface area (Å²) in [4.78, 5) is 12.5. The molecule has 0 amide bonds. The highest BCUT2D eigenvalue weighted by Crippen LogP contribution is 2.76. The van der Waals surface area contributed by atoms with E-state index in [1.807, 2.05) is 20.8 Å². The Bertz CT molecular complexity index is 1850. The van der Waals surface area contributed by atoms with Crippen molar-refractivity contribution in [1.82, 2.24) is 0 Å². The minimum atomic E-state index is -2.08. The van der Waals surface area contributed by atoms with Gasteiger partial charge in [0.1, 0.15) is 61.0 Å². The lowest BCUT2D eigenvalue weighted by molar-refractivity contribution is -0.396. The number of ether oxygens (including phenoxy) is 6. The predicted molar refractivity (Wildman–Crippen MR) is 232 cm³/mol. The molecule has 5 aliphatic carbocycles. The zero-order valence-corrected chi connectivity index (χ0v) is 40.0. The Labute approximate surface area is 392 Å². The van der Waals surface area contributed by atoms with E-state index in [2.05, 4.69) is 33.8 Å². The van der Waals surface area contributed by atoms with Crippen LogP contribution >= 0.6 is 0 Å². The van der Waals surface area contributed by atoms with Crippen molar-refractivity contribution in [2.75, 3.05) is 13.2 Å². The molecule has 3 aliphatic heterocycles. The number of carboxylic acid groups (broad SMARTS) is 1. The quantitative estimate of drug-likeness (QED) is 0.104. The number of allylic oxidation sites excluding steroid dienone is 2. The molecule has 19 heteroatoms. The lowest BCUT2D eigenvalue weighted by Gasteiger charge is -2.72. The molecule has 7 fully saturated rings. The summed E-state index contributed by atoms with van der Waals surface area (Å²) >= 11 is 0. The summed E-state index contributed by atoms with van der Waals surface area (Å²) in [6, 6.07) is 0. The number of aliphatic carboxylic acids is 1. The fourth-order valence-electron chi connectivity index (χ4n) is 15.1. The maximum atomic E-state index is 12.5. The van der Waals surface area contributed by atoms with Crippen LogP contribution in [0.25, 0.3) is 0 Å². The molecule has 0 bridgehead atoms. The van der Waals surface area contributed by atoms with Gasteiger partial charge in [-0.1, -0.05) is 60.1 Å². The van der Waals surface area contributed by atoms with Crippen LogP contribution < -0.4 is 0 Å². The molecule has 26 atom stereocenters. The fraction of sp³-hybridized carbons (Fsp3) is 0.938. The summed E-state index contributed by atoms with van der Waals surface area (Å²) in [5, 5.41) is 131. The number of rotatable bonds is 9. The topological polar surface area (TPSA) is 315 Å². The number of hydrogen-bond acceptors (Lipinski definition) is 18. The van der Waals surface area contributed by atoms with Crippen LogP contribution in [0.5, 0.6) is 0 Å². The van der Waals surface area contributed by atoms with Crippen LogP contribution in [0.15, 0.2) is 11.6 Å². The maximum absolute atomic E-state index is 12.5.